The van der Waals surface area contributed by atoms with Crippen molar-refractivity contribution in [1.82, 2.24) is 14.9 Å². The lowest BCUT2D eigenvalue weighted by molar-refractivity contribution is 0.0718. The van der Waals surface area contributed by atoms with E-state index in [1.54, 1.807) is 6.07 Å². The molecule has 0 unspecified atom stereocenters. The zero-order valence-electron chi connectivity index (χ0n) is 16.2. The van der Waals surface area contributed by atoms with Gasteiger partial charge >= 0.3 is 0 Å². The minimum atomic E-state index is 0.00123. The third-order valence-electron chi connectivity index (χ3n) is 4.72. The SMILES string of the molecule is Cc1nc(Nc2ccc(C(C)(C)C)cc2)cc(C(=O)N2CCCCC2)n1. The fourth-order valence-corrected chi connectivity index (χ4v) is 3.20. The predicted molar refractivity (Wildman–Crippen MR) is 105 cm³/mol. The molecular weight excluding hydrogens is 324 g/mol. The van der Waals surface area contributed by atoms with Crippen LogP contribution in [0.3, 0.4) is 0 Å². The highest BCUT2D eigenvalue weighted by molar-refractivity contribution is 5.93. The highest BCUT2D eigenvalue weighted by Gasteiger charge is 2.20. The van der Waals surface area contributed by atoms with Crippen LogP contribution in [-0.2, 0) is 5.41 Å². The van der Waals surface area contributed by atoms with E-state index in [0.29, 0.717) is 17.3 Å². The Hall–Kier alpha value is -2.43. The van der Waals surface area contributed by atoms with Gasteiger partial charge in [-0.05, 0) is 49.3 Å². The van der Waals surface area contributed by atoms with Crippen LogP contribution in [0.15, 0.2) is 30.3 Å². The summed E-state index contributed by atoms with van der Waals surface area (Å²) in [5.74, 6) is 1.25. The van der Waals surface area contributed by atoms with Crippen molar-refractivity contribution in [3.8, 4) is 0 Å². The summed E-state index contributed by atoms with van der Waals surface area (Å²) in [4.78, 5) is 23.4. The fraction of sp³-hybridized carbons (Fsp3) is 0.476. The van der Waals surface area contributed by atoms with Crippen LogP contribution in [0.25, 0.3) is 0 Å². The number of benzene rings is 1. The Bertz CT molecular complexity index is 772. The van der Waals surface area contributed by atoms with Crippen LogP contribution in [0.1, 0.15) is 61.9 Å². The Kier molecular flexibility index (Phi) is 5.25. The lowest BCUT2D eigenvalue weighted by Gasteiger charge is -2.26. The van der Waals surface area contributed by atoms with Gasteiger partial charge in [0.25, 0.3) is 5.91 Å². The molecule has 26 heavy (non-hydrogen) atoms. The first-order valence-corrected chi connectivity index (χ1v) is 9.35. The van der Waals surface area contributed by atoms with Crippen molar-refractivity contribution in [2.45, 2.75) is 52.4 Å². The largest absolute Gasteiger partial charge is 0.340 e. The van der Waals surface area contributed by atoms with Crippen LogP contribution in [-0.4, -0.2) is 33.9 Å². The molecule has 0 bridgehead atoms. The number of hydrogen-bond donors (Lipinski definition) is 1. The molecule has 1 aromatic carbocycles. The van der Waals surface area contributed by atoms with Gasteiger partial charge in [-0.1, -0.05) is 32.9 Å². The Morgan fingerprint density at radius 1 is 1.04 bits per heavy atom. The van der Waals surface area contributed by atoms with E-state index in [9.17, 15) is 4.79 Å². The quantitative estimate of drug-likeness (QED) is 0.886. The Morgan fingerprint density at radius 3 is 2.31 bits per heavy atom. The number of piperidine rings is 1. The van der Waals surface area contributed by atoms with Crippen molar-refractivity contribution < 1.29 is 4.79 Å². The molecule has 1 fully saturated rings. The zero-order chi connectivity index (χ0) is 18.7. The normalized spacial score (nSPS) is 15.0. The van der Waals surface area contributed by atoms with E-state index in [1.165, 1.54) is 12.0 Å². The molecule has 1 amide bonds. The average molecular weight is 352 g/mol. The second kappa shape index (κ2) is 7.44. The van der Waals surface area contributed by atoms with Crippen LogP contribution in [0.4, 0.5) is 11.5 Å². The molecule has 5 heteroatoms. The van der Waals surface area contributed by atoms with E-state index in [2.05, 4.69) is 48.2 Å². The van der Waals surface area contributed by atoms with E-state index in [1.807, 2.05) is 24.0 Å². The molecule has 1 saturated heterocycles. The summed E-state index contributed by atoms with van der Waals surface area (Å²) < 4.78 is 0. The number of carbonyl (C=O) groups excluding carboxylic acids is 1. The molecule has 0 radical (unpaired) electrons. The predicted octanol–water partition coefficient (Wildman–Crippen LogP) is 4.45. The molecule has 2 aromatic rings. The minimum absolute atomic E-state index is 0.00123. The van der Waals surface area contributed by atoms with Crippen LogP contribution in [0.5, 0.6) is 0 Å². The van der Waals surface area contributed by atoms with Gasteiger partial charge in [0.2, 0.25) is 0 Å². The number of hydrogen-bond acceptors (Lipinski definition) is 4. The molecule has 0 spiro atoms. The lowest BCUT2D eigenvalue weighted by Crippen LogP contribution is -2.36. The monoisotopic (exact) mass is 352 g/mol. The first-order chi connectivity index (χ1) is 12.3. The van der Waals surface area contributed by atoms with E-state index in [4.69, 9.17) is 0 Å². The first kappa shape index (κ1) is 18.4. The molecule has 1 aromatic heterocycles. The van der Waals surface area contributed by atoms with Crippen LogP contribution in [0, 0.1) is 6.92 Å². The Labute approximate surface area is 155 Å². The summed E-state index contributed by atoms with van der Waals surface area (Å²) in [6.07, 6.45) is 3.34. The lowest BCUT2D eigenvalue weighted by atomic mass is 9.87. The third-order valence-corrected chi connectivity index (χ3v) is 4.72. The molecule has 3 rings (SSSR count). The number of amides is 1. The number of likely N-dealkylation sites (tertiary alicyclic amines) is 1. The number of rotatable bonds is 3. The maximum absolute atomic E-state index is 12.7. The average Bonchev–Trinajstić information content (AvgIpc) is 2.61. The van der Waals surface area contributed by atoms with E-state index < -0.39 is 0 Å². The van der Waals surface area contributed by atoms with Crippen molar-refractivity contribution in [2.75, 3.05) is 18.4 Å². The molecule has 1 N–H and O–H groups in total. The zero-order valence-corrected chi connectivity index (χ0v) is 16.2. The summed E-state index contributed by atoms with van der Waals surface area (Å²) in [6, 6.07) is 10.1. The Balaban J connectivity index is 1.78. The van der Waals surface area contributed by atoms with E-state index in [0.717, 1.165) is 31.6 Å². The second-order valence-corrected chi connectivity index (χ2v) is 7.99. The van der Waals surface area contributed by atoms with Gasteiger partial charge in [0, 0.05) is 24.8 Å². The van der Waals surface area contributed by atoms with E-state index >= 15 is 0 Å². The Morgan fingerprint density at radius 2 is 1.69 bits per heavy atom. The van der Waals surface area contributed by atoms with E-state index in [-0.39, 0.29) is 11.3 Å². The molecule has 138 valence electrons. The van der Waals surface area contributed by atoms with Gasteiger partial charge < -0.3 is 10.2 Å². The summed E-state index contributed by atoms with van der Waals surface area (Å²) >= 11 is 0. The van der Waals surface area contributed by atoms with Crippen LogP contribution < -0.4 is 5.32 Å². The summed E-state index contributed by atoms with van der Waals surface area (Å²) in [5.41, 5.74) is 2.82. The fourth-order valence-electron chi connectivity index (χ4n) is 3.20. The number of aromatic nitrogens is 2. The maximum Gasteiger partial charge on any atom is 0.272 e. The highest BCUT2D eigenvalue weighted by atomic mass is 16.2. The number of anilines is 2. The van der Waals surface area contributed by atoms with Gasteiger partial charge in [0.05, 0.1) is 0 Å². The molecule has 5 nitrogen and oxygen atoms in total. The van der Waals surface area contributed by atoms with Gasteiger partial charge in [0.15, 0.2) is 0 Å². The first-order valence-electron chi connectivity index (χ1n) is 9.35. The molecule has 0 saturated carbocycles. The van der Waals surface area contributed by atoms with Gasteiger partial charge in [-0.3, -0.25) is 4.79 Å². The third kappa shape index (κ3) is 4.40. The molecular formula is C21H28N4O. The van der Waals surface area contributed by atoms with Crippen molar-refractivity contribution in [2.24, 2.45) is 0 Å². The number of nitrogens with zero attached hydrogens (tertiary/aromatic N) is 3. The van der Waals surface area contributed by atoms with Gasteiger partial charge in [-0.25, -0.2) is 9.97 Å². The van der Waals surface area contributed by atoms with Crippen molar-refractivity contribution >= 4 is 17.4 Å². The molecule has 2 heterocycles. The second-order valence-electron chi connectivity index (χ2n) is 7.99. The standard InChI is InChI=1S/C21H28N4O/c1-15-22-18(20(26)25-12-6-5-7-13-25)14-19(23-15)24-17-10-8-16(9-11-17)21(2,3)4/h8-11,14H,5-7,12-13H2,1-4H3,(H,22,23,24). The molecule has 1 aliphatic heterocycles. The summed E-state index contributed by atoms with van der Waals surface area (Å²) in [6.45, 7) is 10.0. The summed E-state index contributed by atoms with van der Waals surface area (Å²) in [5, 5.41) is 3.30. The highest BCUT2D eigenvalue weighted by Crippen LogP contribution is 2.25. The number of aryl methyl sites for hydroxylation is 1. The van der Waals surface area contributed by atoms with Crippen molar-refractivity contribution in [1.29, 1.82) is 0 Å². The molecule has 0 aliphatic carbocycles. The smallest absolute Gasteiger partial charge is 0.272 e. The topological polar surface area (TPSA) is 58.1 Å². The van der Waals surface area contributed by atoms with Crippen molar-refractivity contribution in [3.63, 3.8) is 0 Å². The van der Waals surface area contributed by atoms with Gasteiger partial charge in [0.1, 0.15) is 17.3 Å². The molecule has 0 atom stereocenters. The maximum atomic E-state index is 12.7. The summed E-state index contributed by atoms with van der Waals surface area (Å²) in [7, 11) is 0. The van der Waals surface area contributed by atoms with Crippen LogP contribution >= 0.6 is 0 Å². The van der Waals surface area contributed by atoms with Crippen molar-refractivity contribution in [3.05, 3.63) is 47.4 Å². The van der Waals surface area contributed by atoms with Crippen LogP contribution in [0.2, 0.25) is 0 Å². The minimum Gasteiger partial charge on any atom is -0.340 e. The molecule has 1 aliphatic rings. The van der Waals surface area contributed by atoms with Gasteiger partial charge in [-0.15, -0.1) is 0 Å². The number of carbonyl (C=O) groups is 1. The number of nitrogens with one attached hydrogen (secondary N) is 1. The van der Waals surface area contributed by atoms with Gasteiger partial charge in [-0.2, -0.15) is 0 Å².